The molecule has 0 amide bonds. The predicted molar refractivity (Wildman–Crippen MR) is 83.6 cm³/mol. The lowest BCUT2D eigenvalue weighted by Crippen LogP contribution is -2.31. The fourth-order valence-electron chi connectivity index (χ4n) is 1.95. The second-order valence-corrected chi connectivity index (χ2v) is 5.60. The summed E-state index contributed by atoms with van der Waals surface area (Å²) in [6, 6.07) is 13.8. The van der Waals surface area contributed by atoms with Gasteiger partial charge in [0, 0.05) is 16.1 Å². The Labute approximate surface area is 123 Å². The predicted octanol–water partition coefficient (Wildman–Crippen LogP) is 1.98. The Morgan fingerprint density at radius 3 is 2.60 bits per heavy atom. The Kier molecular flexibility index (Phi) is 5.12. The topological polar surface area (TPSA) is 49.7 Å². The first-order chi connectivity index (χ1) is 9.60. The van der Waals surface area contributed by atoms with Crippen LogP contribution in [0.2, 0.25) is 0 Å². The summed E-state index contributed by atoms with van der Waals surface area (Å²) in [5.74, 6) is 1.26. The molecule has 2 N–H and O–H groups in total. The van der Waals surface area contributed by atoms with E-state index in [4.69, 9.17) is 4.74 Å². The molecule has 0 heterocycles. The van der Waals surface area contributed by atoms with Crippen molar-refractivity contribution >= 4 is 24.3 Å². The van der Waals surface area contributed by atoms with Crippen molar-refractivity contribution < 1.29 is 14.8 Å². The number of hydrogen-bond acceptors (Lipinski definition) is 4. The summed E-state index contributed by atoms with van der Waals surface area (Å²) in [4.78, 5) is 1.20. The maximum Gasteiger partial charge on any atom is 0.492 e. The van der Waals surface area contributed by atoms with E-state index >= 15 is 0 Å². The Morgan fingerprint density at radius 2 is 1.95 bits per heavy atom. The summed E-state index contributed by atoms with van der Waals surface area (Å²) in [7, 11) is -0.00331. The van der Waals surface area contributed by atoms with Gasteiger partial charge in [0.05, 0.1) is 7.11 Å². The van der Waals surface area contributed by atoms with Crippen LogP contribution >= 0.6 is 11.8 Å². The first-order valence-corrected chi connectivity index (χ1v) is 7.31. The molecule has 0 saturated heterocycles. The molecule has 104 valence electrons. The molecular weight excluding hydrogens is 271 g/mol. The van der Waals surface area contributed by atoms with Crippen molar-refractivity contribution in [3.63, 3.8) is 0 Å². The zero-order valence-corrected chi connectivity index (χ0v) is 12.4. The molecule has 2 aromatic carbocycles. The summed E-state index contributed by atoms with van der Waals surface area (Å²) in [5.41, 5.74) is 2.66. The second-order valence-electron chi connectivity index (χ2n) is 4.56. The monoisotopic (exact) mass is 288 g/mol. The number of benzene rings is 2. The van der Waals surface area contributed by atoms with Crippen LogP contribution in [0.4, 0.5) is 0 Å². The molecule has 0 radical (unpaired) electrons. The number of thioether (sulfide) groups is 1. The zero-order chi connectivity index (χ0) is 14.5. The summed E-state index contributed by atoms with van der Waals surface area (Å²) in [6.07, 6.45) is 0. The first-order valence-electron chi connectivity index (χ1n) is 6.32. The van der Waals surface area contributed by atoms with E-state index in [0.29, 0.717) is 11.2 Å². The van der Waals surface area contributed by atoms with Crippen LogP contribution in [-0.2, 0) is 5.75 Å². The van der Waals surface area contributed by atoms with Crippen LogP contribution in [0.15, 0.2) is 47.4 Å². The van der Waals surface area contributed by atoms with Crippen molar-refractivity contribution in [3.05, 3.63) is 53.6 Å². The van der Waals surface area contributed by atoms with Gasteiger partial charge < -0.3 is 14.8 Å². The minimum atomic E-state index is -1.52. The molecule has 3 nitrogen and oxygen atoms in total. The van der Waals surface area contributed by atoms with Gasteiger partial charge in [0.25, 0.3) is 0 Å². The largest absolute Gasteiger partial charge is 0.497 e. The highest BCUT2D eigenvalue weighted by Crippen LogP contribution is 2.24. The van der Waals surface area contributed by atoms with Gasteiger partial charge in [-0.05, 0) is 30.7 Å². The van der Waals surface area contributed by atoms with Crippen molar-refractivity contribution in [2.75, 3.05) is 7.11 Å². The summed E-state index contributed by atoms with van der Waals surface area (Å²) < 4.78 is 5.11. The fraction of sp³-hybridized carbons (Fsp3) is 0.200. The molecule has 0 atom stereocenters. The third-order valence-electron chi connectivity index (χ3n) is 2.97. The zero-order valence-electron chi connectivity index (χ0n) is 11.5. The molecule has 0 spiro atoms. The van der Waals surface area contributed by atoms with Gasteiger partial charge in [-0.2, -0.15) is 0 Å². The van der Waals surface area contributed by atoms with Gasteiger partial charge in [-0.15, -0.1) is 11.8 Å². The third kappa shape index (κ3) is 3.79. The van der Waals surface area contributed by atoms with Crippen LogP contribution in [0.3, 0.4) is 0 Å². The van der Waals surface area contributed by atoms with Gasteiger partial charge >= 0.3 is 7.12 Å². The summed E-state index contributed by atoms with van der Waals surface area (Å²) in [6.45, 7) is 2.07. The van der Waals surface area contributed by atoms with E-state index in [1.165, 1.54) is 17.6 Å². The minimum absolute atomic E-state index is 0.398. The number of rotatable bonds is 5. The lowest BCUT2D eigenvalue weighted by Gasteiger charge is -2.10. The number of hydrogen-bond donors (Lipinski definition) is 2. The van der Waals surface area contributed by atoms with Gasteiger partial charge in [-0.1, -0.05) is 29.8 Å². The second kappa shape index (κ2) is 6.84. The molecule has 20 heavy (non-hydrogen) atoms. The molecular formula is C15H17BO3S. The fourth-order valence-corrected chi connectivity index (χ4v) is 2.90. The molecule has 0 aliphatic heterocycles. The van der Waals surface area contributed by atoms with Crippen molar-refractivity contribution in [1.82, 2.24) is 0 Å². The normalized spacial score (nSPS) is 10.4. The quantitative estimate of drug-likeness (QED) is 0.652. The Balaban J connectivity index is 2.12. The lowest BCUT2D eigenvalue weighted by molar-refractivity contribution is 0.403. The van der Waals surface area contributed by atoms with Gasteiger partial charge in [-0.3, -0.25) is 0 Å². The standard InChI is InChI=1S/C15H17BO3S/c1-11-4-3-5-13(8-11)20-10-12-6-7-15(19-2)14(9-12)16(17)18/h3-9,17-18H,10H2,1-2H3. The van der Waals surface area contributed by atoms with Crippen LogP contribution in [-0.4, -0.2) is 24.3 Å². The van der Waals surface area contributed by atoms with Crippen LogP contribution < -0.4 is 10.2 Å². The van der Waals surface area contributed by atoms with Gasteiger partial charge in [0.1, 0.15) is 5.75 Å². The molecule has 0 fully saturated rings. The van der Waals surface area contributed by atoms with E-state index < -0.39 is 7.12 Å². The summed E-state index contributed by atoms with van der Waals surface area (Å²) in [5, 5.41) is 18.7. The van der Waals surface area contributed by atoms with E-state index in [0.717, 1.165) is 11.3 Å². The number of aryl methyl sites for hydroxylation is 1. The smallest absolute Gasteiger partial charge is 0.492 e. The van der Waals surface area contributed by atoms with Crippen molar-refractivity contribution in [2.24, 2.45) is 0 Å². The molecule has 0 aliphatic rings. The van der Waals surface area contributed by atoms with Crippen molar-refractivity contribution in [1.29, 1.82) is 0 Å². The van der Waals surface area contributed by atoms with E-state index in [9.17, 15) is 10.0 Å². The third-order valence-corrected chi connectivity index (χ3v) is 4.03. The minimum Gasteiger partial charge on any atom is -0.497 e. The number of methoxy groups -OCH3 is 1. The molecule has 2 aromatic rings. The van der Waals surface area contributed by atoms with Crippen LogP contribution in [0.5, 0.6) is 5.75 Å². The van der Waals surface area contributed by atoms with Gasteiger partial charge in [0.15, 0.2) is 0 Å². The van der Waals surface area contributed by atoms with E-state index in [-0.39, 0.29) is 0 Å². The Hall–Kier alpha value is -1.43. The average molecular weight is 288 g/mol. The summed E-state index contributed by atoms with van der Waals surface area (Å²) >= 11 is 1.72. The van der Waals surface area contributed by atoms with Crippen molar-refractivity contribution in [3.8, 4) is 5.75 Å². The van der Waals surface area contributed by atoms with E-state index in [1.54, 1.807) is 23.9 Å². The average Bonchev–Trinajstić information content (AvgIpc) is 2.45. The van der Waals surface area contributed by atoms with Gasteiger partial charge in [-0.25, -0.2) is 0 Å². The SMILES string of the molecule is COc1ccc(CSc2cccc(C)c2)cc1B(O)O. The maximum absolute atomic E-state index is 9.35. The molecule has 5 heteroatoms. The van der Waals surface area contributed by atoms with Crippen LogP contribution in [0, 0.1) is 6.92 Å². The first kappa shape index (κ1) is 15.0. The molecule has 0 aromatic heterocycles. The van der Waals surface area contributed by atoms with Crippen molar-refractivity contribution in [2.45, 2.75) is 17.6 Å². The van der Waals surface area contributed by atoms with Crippen LogP contribution in [0.1, 0.15) is 11.1 Å². The highest BCUT2D eigenvalue weighted by molar-refractivity contribution is 7.98. The van der Waals surface area contributed by atoms with Crippen LogP contribution in [0.25, 0.3) is 0 Å². The Bertz CT molecular complexity index is 587. The molecule has 2 rings (SSSR count). The van der Waals surface area contributed by atoms with E-state index in [1.807, 2.05) is 12.1 Å². The maximum atomic E-state index is 9.35. The highest BCUT2D eigenvalue weighted by Gasteiger charge is 2.17. The lowest BCUT2D eigenvalue weighted by atomic mass is 9.79. The molecule has 0 bridgehead atoms. The van der Waals surface area contributed by atoms with Gasteiger partial charge in [0.2, 0.25) is 0 Å². The highest BCUT2D eigenvalue weighted by atomic mass is 32.2. The Morgan fingerprint density at radius 1 is 1.15 bits per heavy atom. The molecule has 0 unspecified atom stereocenters. The number of ether oxygens (including phenoxy) is 1. The molecule has 0 saturated carbocycles. The van der Waals surface area contributed by atoms with E-state index in [2.05, 4.69) is 25.1 Å². The molecule has 0 aliphatic carbocycles.